The van der Waals surface area contributed by atoms with Crippen LogP contribution in [0.3, 0.4) is 0 Å². The first-order valence-electron chi connectivity index (χ1n) is 8.50. The molecule has 0 saturated carbocycles. The summed E-state index contributed by atoms with van der Waals surface area (Å²) >= 11 is 7.41. The summed E-state index contributed by atoms with van der Waals surface area (Å²) < 4.78 is 5.43. The molecule has 0 aliphatic rings. The number of amides is 1. The van der Waals surface area contributed by atoms with Gasteiger partial charge in [-0.3, -0.25) is 4.79 Å². The van der Waals surface area contributed by atoms with Gasteiger partial charge in [-0.15, -0.1) is 11.8 Å². The summed E-state index contributed by atoms with van der Waals surface area (Å²) in [4.78, 5) is 13.2. The second-order valence-electron chi connectivity index (χ2n) is 5.69. The van der Waals surface area contributed by atoms with E-state index in [0.29, 0.717) is 18.2 Å². The highest BCUT2D eigenvalue weighted by atomic mass is 35.5. The first kappa shape index (κ1) is 19.7. The van der Waals surface area contributed by atoms with Crippen LogP contribution >= 0.6 is 23.4 Å². The van der Waals surface area contributed by atoms with Crippen LogP contribution in [0.25, 0.3) is 0 Å². The molecule has 2 rings (SSSR count). The van der Waals surface area contributed by atoms with Crippen molar-refractivity contribution in [2.45, 2.75) is 36.8 Å². The van der Waals surface area contributed by atoms with E-state index in [0.717, 1.165) is 23.5 Å². The molecular weight excluding hydrogens is 354 g/mol. The number of aryl methyl sites for hydroxylation is 1. The standard InChI is InChI=1S/C20H24ClNO2S/c1-3-24-18-10-6-16(7-11-18)5-4-14-22-20(23)15(2)25-19-12-8-17(21)9-13-19/h6-13,15H,3-5,14H2,1-2H3,(H,22,23)/t15-/m1/s1. The molecule has 0 heterocycles. The smallest absolute Gasteiger partial charge is 0.233 e. The van der Waals surface area contributed by atoms with Crippen molar-refractivity contribution in [1.29, 1.82) is 0 Å². The van der Waals surface area contributed by atoms with Crippen LogP contribution < -0.4 is 10.1 Å². The molecule has 0 aliphatic carbocycles. The number of ether oxygens (including phenoxy) is 1. The lowest BCUT2D eigenvalue weighted by molar-refractivity contribution is -0.120. The van der Waals surface area contributed by atoms with E-state index in [-0.39, 0.29) is 11.2 Å². The second-order valence-corrected chi connectivity index (χ2v) is 7.54. The average molecular weight is 378 g/mol. The lowest BCUT2D eigenvalue weighted by Crippen LogP contribution is -2.31. The summed E-state index contributed by atoms with van der Waals surface area (Å²) in [7, 11) is 0. The second kappa shape index (κ2) is 10.4. The summed E-state index contributed by atoms with van der Waals surface area (Å²) in [5.74, 6) is 0.958. The Hall–Kier alpha value is -1.65. The average Bonchev–Trinajstić information content (AvgIpc) is 2.62. The topological polar surface area (TPSA) is 38.3 Å². The van der Waals surface area contributed by atoms with Crippen LogP contribution in [0.1, 0.15) is 25.8 Å². The van der Waals surface area contributed by atoms with Gasteiger partial charge >= 0.3 is 0 Å². The Bertz CT molecular complexity index is 658. The fourth-order valence-electron chi connectivity index (χ4n) is 2.34. The molecular formula is C20H24ClNO2S. The number of benzene rings is 2. The maximum atomic E-state index is 12.2. The summed E-state index contributed by atoms with van der Waals surface area (Å²) in [6, 6.07) is 15.7. The molecule has 1 atom stereocenters. The Morgan fingerprint density at radius 3 is 2.48 bits per heavy atom. The number of hydrogen-bond donors (Lipinski definition) is 1. The third-order valence-electron chi connectivity index (χ3n) is 3.67. The Morgan fingerprint density at radius 1 is 1.16 bits per heavy atom. The molecule has 3 nitrogen and oxygen atoms in total. The van der Waals surface area contributed by atoms with Crippen molar-refractivity contribution in [3.63, 3.8) is 0 Å². The summed E-state index contributed by atoms with van der Waals surface area (Å²) in [6.07, 6.45) is 1.85. The van der Waals surface area contributed by atoms with Crippen molar-refractivity contribution >= 4 is 29.3 Å². The van der Waals surface area contributed by atoms with Crippen molar-refractivity contribution in [3.8, 4) is 5.75 Å². The molecule has 2 aromatic carbocycles. The van der Waals surface area contributed by atoms with Crippen LogP contribution in [-0.2, 0) is 11.2 Å². The molecule has 0 bridgehead atoms. The van der Waals surface area contributed by atoms with Crippen molar-refractivity contribution < 1.29 is 9.53 Å². The molecule has 134 valence electrons. The highest BCUT2D eigenvalue weighted by molar-refractivity contribution is 8.00. The minimum atomic E-state index is -0.133. The Balaban J connectivity index is 1.68. The van der Waals surface area contributed by atoms with Crippen molar-refractivity contribution in [2.24, 2.45) is 0 Å². The minimum Gasteiger partial charge on any atom is -0.494 e. The zero-order chi connectivity index (χ0) is 18.1. The molecule has 1 N–H and O–H groups in total. The lowest BCUT2D eigenvalue weighted by atomic mass is 10.1. The number of thioether (sulfide) groups is 1. The lowest BCUT2D eigenvalue weighted by Gasteiger charge is -2.12. The van der Waals surface area contributed by atoms with Crippen LogP contribution in [-0.4, -0.2) is 24.3 Å². The summed E-state index contributed by atoms with van der Waals surface area (Å²) in [6.45, 7) is 5.25. The van der Waals surface area contributed by atoms with Gasteiger partial charge in [-0.1, -0.05) is 23.7 Å². The van der Waals surface area contributed by atoms with Gasteiger partial charge in [-0.05, 0) is 68.7 Å². The zero-order valence-electron chi connectivity index (χ0n) is 14.6. The van der Waals surface area contributed by atoms with Gasteiger partial charge in [0.15, 0.2) is 0 Å². The SMILES string of the molecule is CCOc1ccc(CCCNC(=O)[C@@H](C)Sc2ccc(Cl)cc2)cc1. The Morgan fingerprint density at radius 2 is 1.84 bits per heavy atom. The molecule has 0 spiro atoms. The van der Waals surface area contributed by atoms with E-state index < -0.39 is 0 Å². The van der Waals surface area contributed by atoms with Gasteiger partial charge in [-0.2, -0.15) is 0 Å². The van der Waals surface area contributed by atoms with Gasteiger partial charge in [-0.25, -0.2) is 0 Å². The number of hydrogen-bond acceptors (Lipinski definition) is 3. The first-order chi connectivity index (χ1) is 12.1. The van der Waals surface area contributed by atoms with E-state index in [9.17, 15) is 4.79 Å². The van der Waals surface area contributed by atoms with E-state index in [1.165, 1.54) is 17.3 Å². The Kier molecular flexibility index (Phi) is 8.16. The molecule has 0 radical (unpaired) electrons. The van der Waals surface area contributed by atoms with Gasteiger partial charge in [0.2, 0.25) is 5.91 Å². The molecule has 1 amide bonds. The fraction of sp³-hybridized carbons (Fsp3) is 0.350. The van der Waals surface area contributed by atoms with Gasteiger partial charge < -0.3 is 10.1 Å². The van der Waals surface area contributed by atoms with Crippen molar-refractivity contribution in [3.05, 3.63) is 59.1 Å². The van der Waals surface area contributed by atoms with Crippen LogP contribution in [0.15, 0.2) is 53.4 Å². The number of halogens is 1. The van der Waals surface area contributed by atoms with Crippen molar-refractivity contribution in [2.75, 3.05) is 13.2 Å². The zero-order valence-corrected chi connectivity index (χ0v) is 16.2. The predicted octanol–water partition coefficient (Wildman–Crippen LogP) is 4.97. The monoisotopic (exact) mass is 377 g/mol. The van der Waals surface area contributed by atoms with E-state index in [1.54, 1.807) is 0 Å². The number of rotatable bonds is 9. The number of nitrogens with one attached hydrogen (secondary N) is 1. The maximum absolute atomic E-state index is 12.2. The molecule has 0 fully saturated rings. The largest absolute Gasteiger partial charge is 0.494 e. The summed E-state index contributed by atoms with van der Waals surface area (Å²) in [5.41, 5.74) is 1.25. The van der Waals surface area contributed by atoms with E-state index >= 15 is 0 Å². The molecule has 0 aliphatic heterocycles. The number of carbonyl (C=O) groups excluding carboxylic acids is 1. The maximum Gasteiger partial charge on any atom is 0.233 e. The van der Waals surface area contributed by atoms with Crippen LogP contribution in [0.4, 0.5) is 0 Å². The summed E-state index contributed by atoms with van der Waals surface area (Å²) in [5, 5.41) is 3.58. The predicted molar refractivity (Wildman–Crippen MR) is 106 cm³/mol. The molecule has 2 aromatic rings. The van der Waals surface area contributed by atoms with E-state index in [2.05, 4.69) is 17.4 Å². The van der Waals surface area contributed by atoms with Crippen LogP contribution in [0.5, 0.6) is 5.75 Å². The first-order valence-corrected chi connectivity index (χ1v) is 9.76. The quantitative estimate of drug-likeness (QED) is 0.495. The van der Waals surface area contributed by atoms with Gasteiger partial charge in [0.25, 0.3) is 0 Å². The fourth-order valence-corrected chi connectivity index (χ4v) is 3.36. The molecule has 5 heteroatoms. The Labute approximate surface area is 159 Å². The van der Waals surface area contributed by atoms with Crippen molar-refractivity contribution in [1.82, 2.24) is 5.32 Å². The molecule has 0 unspecified atom stereocenters. The van der Waals surface area contributed by atoms with E-state index in [4.69, 9.17) is 16.3 Å². The van der Waals surface area contributed by atoms with E-state index in [1.807, 2.05) is 50.2 Å². The normalized spacial score (nSPS) is 11.8. The van der Waals surface area contributed by atoms with Gasteiger partial charge in [0.1, 0.15) is 5.75 Å². The highest BCUT2D eigenvalue weighted by Crippen LogP contribution is 2.24. The van der Waals surface area contributed by atoms with Crippen LogP contribution in [0, 0.1) is 0 Å². The van der Waals surface area contributed by atoms with Gasteiger partial charge in [0.05, 0.1) is 11.9 Å². The molecule has 0 saturated heterocycles. The third-order valence-corrected chi connectivity index (χ3v) is 5.04. The number of carbonyl (C=O) groups is 1. The van der Waals surface area contributed by atoms with Gasteiger partial charge in [0, 0.05) is 16.5 Å². The molecule has 0 aromatic heterocycles. The highest BCUT2D eigenvalue weighted by Gasteiger charge is 2.13. The third kappa shape index (κ3) is 7.00. The minimum absolute atomic E-state index is 0.0617. The van der Waals surface area contributed by atoms with Crippen LogP contribution in [0.2, 0.25) is 5.02 Å². The molecule has 25 heavy (non-hydrogen) atoms.